The fourth-order valence-electron chi connectivity index (χ4n) is 8.10. The molecule has 2 aromatic heterocycles. The third-order valence-electron chi connectivity index (χ3n) is 10.5. The maximum absolute atomic E-state index is 15.7. The molecule has 0 unspecified atom stereocenters. The highest BCUT2D eigenvalue weighted by Gasteiger charge is 2.47. The van der Waals surface area contributed by atoms with E-state index in [4.69, 9.17) is 25.2 Å². The number of alkyl halides is 3. The van der Waals surface area contributed by atoms with Crippen molar-refractivity contribution in [1.29, 1.82) is 5.26 Å². The number of carbonyl (C=O) groups excluding carboxylic acids is 1. The van der Waals surface area contributed by atoms with E-state index in [-0.39, 0.29) is 49.0 Å². The van der Waals surface area contributed by atoms with E-state index in [2.05, 4.69) is 34.5 Å². The van der Waals surface area contributed by atoms with Crippen LogP contribution in [0.25, 0.3) is 0 Å². The molecule has 4 aliphatic rings. The van der Waals surface area contributed by atoms with Gasteiger partial charge < -0.3 is 25.0 Å². The molecular weight excluding hydrogens is 694 g/mol. The van der Waals surface area contributed by atoms with E-state index in [0.717, 1.165) is 44.0 Å². The van der Waals surface area contributed by atoms with Crippen LogP contribution in [0, 0.1) is 29.0 Å². The molecule has 0 saturated carbocycles. The Morgan fingerprint density at radius 1 is 1.23 bits per heavy atom. The highest BCUT2D eigenvalue weighted by atomic mass is 19.4. The van der Waals surface area contributed by atoms with Gasteiger partial charge in [0.15, 0.2) is 11.5 Å². The van der Waals surface area contributed by atoms with Gasteiger partial charge in [-0.05, 0) is 45.2 Å². The monoisotopic (exact) mass is 733 g/mol. The summed E-state index contributed by atoms with van der Waals surface area (Å²) < 4.78 is 73.7. The van der Waals surface area contributed by atoms with Crippen LogP contribution in [-0.2, 0) is 37.0 Å². The fraction of sp³-hybridized carbons (Fsp3) is 0.486. The summed E-state index contributed by atoms with van der Waals surface area (Å²) in [6.45, 7) is 8.31. The lowest BCUT2D eigenvalue weighted by atomic mass is 9.90. The molecule has 7 rings (SSSR count). The zero-order chi connectivity index (χ0) is 37.8. The smallest absolute Gasteiger partial charge is 0.418 e. The van der Waals surface area contributed by atoms with Crippen molar-refractivity contribution in [2.45, 2.75) is 76.5 Å². The average molecular weight is 734 g/mol. The van der Waals surface area contributed by atoms with Gasteiger partial charge in [0, 0.05) is 56.8 Å². The van der Waals surface area contributed by atoms with Crippen LogP contribution in [0.4, 0.5) is 29.1 Å². The number of nitrogens with zero attached hydrogens (tertiary/aromatic N) is 8. The minimum absolute atomic E-state index is 0.0153. The Hall–Kier alpha value is -5.19. The van der Waals surface area contributed by atoms with Crippen molar-refractivity contribution in [3.63, 3.8) is 0 Å². The molecule has 2 saturated heterocycles. The second-order valence-corrected chi connectivity index (χ2v) is 14.2. The van der Waals surface area contributed by atoms with Crippen LogP contribution in [0.1, 0.15) is 88.4 Å². The van der Waals surface area contributed by atoms with Crippen molar-refractivity contribution >= 4 is 17.4 Å². The predicted octanol–water partition coefficient (Wildman–Crippen LogP) is 4.76. The largest absolute Gasteiger partial charge is 0.461 e. The fourth-order valence-corrected chi connectivity index (χ4v) is 8.10. The van der Waals surface area contributed by atoms with E-state index in [1.165, 1.54) is 11.8 Å². The molecule has 53 heavy (non-hydrogen) atoms. The van der Waals surface area contributed by atoms with Gasteiger partial charge in [-0.15, -0.1) is 5.92 Å². The van der Waals surface area contributed by atoms with E-state index in [1.54, 1.807) is 18.8 Å². The van der Waals surface area contributed by atoms with Crippen LogP contribution in [0.2, 0.25) is 0 Å². The zero-order valence-electron chi connectivity index (χ0n) is 29.7. The number of anilines is 2. The number of nitrogens with two attached hydrogens (primary N) is 1. The first-order valence-electron chi connectivity index (χ1n) is 17.4. The number of nitrogen functional groups attached to an aromatic ring is 1. The van der Waals surface area contributed by atoms with Gasteiger partial charge in [0.25, 0.3) is 5.91 Å². The molecule has 278 valence electrons. The quantitative estimate of drug-likeness (QED) is 0.164. The maximum atomic E-state index is 15.7. The number of hydrogen-bond acceptors (Lipinski definition) is 10. The van der Waals surface area contributed by atoms with Crippen LogP contribution in [0.5, 0.6) is 6.01 Å². The summed E-state index contributed by atoms with van der Waals surface area (Å²) in [6, 6.07) is 3.06. The second-order valence-electron chi connectivity index (χ2n) is 14.2. The van der Waals surface area contributed by atoms with Gasteiger partial charge in [0.1, 0.15) is 24.1 Å². The molecule has 0 spiro atoms. The number of aryl methyl sites for hydroxylation is 1. The Labute approximate surface area is 304 Å². The van der Waals surface area contributed by atoms with E-state index < -0.39 is 46.4 Å². The molecule has 4 aliphatic heterocycles. The van der Waals surface area contributed by atoms with E-state index in [9.17, 15) is 23.2 Å². The molecule has 6 heterocycles. The van der Waals surface area contributed by atoms with Gasteiger partial charge >= 0.3 is 12.2 Å². The molecule has 0 aliphatic carbocycles. The molecular formula is C37H39F4N9O3. The summed E-state index contributed by atoms with van der Waals surface area (Å²) in [6.07, 6.45) is -3.38. The number of hydrogen-bond donors (Lipinski definition) is 1. The summed E-state index contributed by atoms with van der Waals surface area (Å²) in [5.74, 6) is 3.66. The van der Waals surface area contributed by atoms with Crippen LogP contribution in [0.3, 0.4) is 0 Å². The van der Waals surface area contributed by atoms with E-state index in [0.29, 0.717) is 42.3 Å². The van der Waals surface area contributed by atoms with Gasteiger partial charge in [-0.1, -0.05) is 18.1 Å². The summed E-state index contributed by atoms with van der Waals surface area (Å²) in [5.41, 5.74) is 5.37. The Bertz CT molecular complexity index is 2110. The molecule has 2 fully saturated rings. The van der Waals surface area contributed by atoms with Crippen molar-refractivity contribution < 1.29 is 31.8 Å². The molecule has 3 aromatic rings. The third kappa shape index (κ3) is 6.44. The number of halogens is 4. The summed E-state index contributed by atoms with van der Waals surface area (Å²) in [4.78, 5) is 28.1. The number of ether oxygens (including phenoxy) is 2. The SMILES string of the molecule is C=C1CN2CCC[C@]2(COc2nc3c(c(N4CCCn5nc(C(=O)N(C)C)c(C#N)c5C4)n2)CO[C@@H](c2c(F)c(N)cc(C#CC)c2C(F)(F)F)C3)C1. The number of rotatable bonds is 6. The number of amides is 1. The van der Waals surface area contributed by atoms with Gasteiger partial charge in [-0.2, -0.15) is 33.5 Å². The minimum atomic E-state index is -4.96. The summed E-state index contributed by atoms with van der Waals surface area (Å²) >= 11 is 0. The first-order chi connectivity index (χ1) is 25.2. The van der Waals surface area contributed by atoms with E-state index >= 15 is 4.39 Å². The zero-order valence-corrected chi connectivity index (χ0v) is 29.7. The molecule has 1 aromatic carbocycles. The number of benzene rings is 1. The maximum Gasteiger partial charge on any atom is 0.418 e. The van der Waals surface area contributed by atoms with Crippen molar-refractivity contribution in [2.75, 3.05) is 51.0 Å². The van der Waals surface area contributed by atoms with Crippen LogP contribution in [0.15, 0.2) is 18.2 Å². The highest BCUT2D eigenvalue weighted by molar-refractivity contribution is 5.94. The number of fused-ring (bicyclic) bond motifs is 3. The lowest BCUT2D eigenvalue weighted by Crippen LogP contribution is -2.43. The Morgan fingerprint density at radius 2 is 2.02 bits per heavy atom. The van der Waals surface area contributed by atoms with Crippen molar-refractivity contribution in [3.8, 4) is 23.9 Å². The molecule has 16 heteroatoms. The van der Waals surface area contributed by atoms with Crippen molar-refractivity contribution in [3.05, 3.63) is 68.9 Å². The predicted molar refractivity (Wildman–Crippen MR) is 185 cm³/mol. The average Bonchev–Trinajstić information content (AvgIpc) is 3.70. The molecule has 1 amide bonds. The van der Waals surface area contributed by atoms with Crippen LogP contribution in [-0.4, -0.2) is 81.3 Å². The Kier molecular flexibility index (Phi) is 9.32. The molecule has 12 nitrogen and oxygen atoms in total. The standard InChI is InChI=1S/C37H39F4N9O3/c1-5-8-22-13-25(43)31(38)29(30(22)37(39,40)41)28-14-26-24(19-52-28)33(45-35(44-26)53-20-36-9-6-11-49(36)17-21(2)15-36)48-10-7-12-50-27(18-48)23(16-42)32(46-50)34(51)47(3)4/h13,28H,2,6-7,9-12,14-15,17-20,43H2,1,3-4H3/t28-,36-/m1/s1. The van der Waals surface area contributed by atoms with Gasteiger partial charge in [-0.25, -0.2) is 4.39 Å². The molecule has 2 atom stereocenters. The summed E-state index contributed by atoms with van der Waals surface area (Å²) in [7, 11) is 3.17. The molecule has 2 N–H and O–H groups in total. The highest BCUT2D eigenvalue weighted by Crippen LogP contribution is 2.45. The number of nitriles is 1. The topological polar surface area (TPSA) is 139 Å². The third-order valence-corrected chi connectivity index (χ3v) is 10.5. The molecule has 0 radical (unpaired) electrons. The Balaban J connectivity index is 1.31. The van der Waals surface area contributed by atoms with Crippen molar-refractivity contribution in [1.82, 2.24) is 29.5 Å². The van der Waals surface area contributed by atoms with Crippen LogP contribution >= 0.6 is 0 Å². The number of aromatic nitrogens is 4. The van der Waals surface area contributed by atoms with Gasteiger partial charge in [0.05, 0.1) is 47.4 Å². The lowest BCUT2D eigenvalue weighted by Gasteiger charge is -2.33. The normalized spacial score (nSPS) is 21.2. The lowest BCUT2D eigenvalue weighted by molar-refractivity contribution is -0.140. The van der Waals surface area contributed by atoms with Gasteiger partial charge in [0.2, 0.25) is 0 Å². The first-order valence-corrected chi connectivity index (χ1v) is 17.4. The molecule has 0 bridgehead atoms. The first kappa shape index (κ1) is 36.2. The minimum Gasteiger partial charge on any atom is -0.461 e. The Morgan fingerprint density at radius 3 is 2.74 bits per heavy atom. The van der Waals surface area contributed by atoms with Gasteiger partial charge in [-0.3, -0.25) is 14.4 Å². The van der Waals surface area contributed by atoms with E-state index in [1.807, 2.05) is 4.90 Å². The van der Waals surface area contributed by atoms with Crippen molar-refractivity contribution in [2.24, 2.45) is 0 Å². The second kappa shape index (κ2) is 13.7. The van der Waals surface area contributed by atoms with Crippen LogP contribution < -0.4 is 15.4 Å². The number of carbonyl (C=O) groups is 1. The summed E-state index contributed by atoms with van der Waals surface area (Å²) in [5, 5.41) is 14.6.